The zero-order chi connectivity index (χ0) is 16.4. The van der Waals surface area contributed by atoms with Gasteiger partial charge in [-0.2, -0.15) is 8.78 Å². The van der Waals surface area contributed by atoms with Crippen molar-refractivity contribution in [3.8, 4) is 0 Å². The predicted octanol–water partition coefficient (Wildman–Crippen LogP) is 3.84. The van der Waals surface area contributed by atoms with E-state index in [9.17, 15) is 8.78 Å². The summed E-state index contributed by atoms with van der Waals surface area (Å²) in [6.07, 6.45) is 0.826. The van der Waals surface area contributed by atoms with Gasteiger partial charge in [0, 0.05) is 56.0 Å². The van der Waals surface area contributed by atoms with Gasteiger partial charge in [-0.3, -0.25) is 4.98 Å². The van der Waals surface area contributed by atoms with Gasteiger partial charge in [-0.15, -0.1) is 0 Å². The summed E-state index contributed by atoms with van der Waals surface area (Å²) in [5.74, 6) is -0.556. The van der Waals surface area contributed by atoms with Gasteiger partial charge in [0.15, 0.2) is 5.58 Å². The van der Waals surface area contributed by atoms with E-state index in [0.29, 0.717) is 17.6 Å². The van der Waals surface area contributed by atoms with Gasteiger partial charge in [-0.05, 0) is 18.2 Å². The van der Waals surface area contributed by atoms with Crippen LogP contribution in [0.25, 0.3) is 11.1 Å². The zero-order valence-corrected chi connectivity index (χ0v) is 12.8. The van der Waals surface area contributed by atoms with Gasteiger partial charge in [0.1, 0.15) is 5.52 Å². The molecule has 0 amide bonds. The van der Waals surface area contributed by atoms with Crippen LogP contribution in [0.5, 0.6) is 0 Å². The smallest absolute Gasteiger partial charge is 0.313 e. The molecule has 3 aromatic rings. The van der Waals surface area contributed by atoms with Crippen molar-refractivity contribution in [2.24, 2.45) is 0 Å². The summed E-state index contributed by atoms with van der Waals surface area (Å²) in [5, 5.41) is 3.24. The number of oxazole rings is 1. The average molecular weight is 318 g/mol. The first kappa shape index (κ1) is 15.2. The van der Waals surface area contributed by atoms with Crippen LogP contribution >= 0.6 is 0 Å². The summed E-state index contributed by atoms with van der Waals surface area (Å²) < 4.78 is 30.3. The van der Waals surface area contributed by atoms with Crippen LogP contribution in [0.15, 0.2) is 41.1 Å². The van der Waals surface area contributed by atoms with Crippen molar-refractivity contribution in [1.29, 1.82) is 0 Å². The van der Waals surface area contributed by atoms with Gasteiger partial charge in [0.05, 0.1) is 0 Å². The second-order valence-corrected chi connectivity index (χ2v) is 5.29. The lowest BCUT2D eigenvalue weighted by molar-refractivity contribution is 0.117. The topological polar surface area (TPSA) is 54.2 Å². The lowest BCUT2D eigenvalue weighted by Crippen LogP contribution is -2.13. The fraction of sp³-hybridized carbons (Fsp3) is 0.250. The first-order valence-electron chi connectivity index (χ1n) is 7.07. The van der Waals surface area contributed by atoms with E-state index in [1.54, 1.807) is 30.6 Å². The maximum atomic E-state index is 12.6. The van der Waals surface area contributed by atoms with E-state index < -0.39 is 12.3 Å². The molecule has 1 N–H and O–H groups in total. The van der Waals surface area contributed by atoms with E-state index in [1.807, 2.05) is 25.1 Å². The molecular weight excluding hydrogens is 302 g/mol. The first-order chi connectivity index (χ1) is 11.0. The Hall–Kier alpha value is -2.70. The van der Waals surface area contributed by atoms with Gasteiger partial charge in [0.2, 0.25) is 0 Å². The third kappa shape index (κ3) is 3.23. The molecule has 2 aromatic heterocycles. The molecule has 0 radical (unpaired) electrons. The van der Waals surface area contributed by atoms with Crippen LogP contribution in [0.1, 0.15) is 17.9 Å². The van der Waals surface area contributed by atoms with Crippen molar-refractivity contribution in [3.05, 3.63) is 48.1 Å². The number of benzene rings is 1. The molecule has 1 aromatic carbocycles. The summed E-state index contributed by atoms with van der Waals surface area (Å²) in [5.41, 5.74) is 3.62. The highest BCUT2D eigenvalue weighted by Gasteiger charge is 2.15. The molecule has 120 valence electrons. The number of fused-ring (bicyclic) bond motifs is 1. The Bertz CT molecular complexity index is 817. The lowest BCUT2D eigenvalue weighted by Gasteiger charge is -2.17. The highest BCUT2D eigenvalue weighted by Crippen LogP contribution is 2.26. The van der Waals surface area contributed by atoms with E-state index in [1.165, 1.54) is 0 Å². The average Bonchev–Trinajstić information content (AvgIpc) is 2.96. The third-order valence-electron chi connectivity index (χ3n) is 3.43. The van der Waals surface area contributed by atoms with Crippen molar-refractivity contribution in [3.63, 3.8) is 0 Å². The number of nitrogens with one attached hydrogen (secondary N) is 1. The molecule has 0 aliphatic carbocycles. The molecule has 0 saturated carbocycles. The third-order valence-corrected chi connectivity index (χ3v) is 3.43. The molecular formula is C16H16F2N4O. The van der Waals surface area contributed by atoms with Crippen LogP contribution in [0, 0.1) is 0 Å². The molecule has 0 bridgehead atoms. The molecule has 3 rings (SSSR count). The summed E-state index contributed by atoms with van der Waals surface area (Å²) in [6.45, 7) is 0.558. The van der Waals surface area contributed by atoms with E-state index in [4.69, 9.17) is 4.42 Å². The molecule has 0 fully saturated rings. The van der Waals surface area contributed by atoms with Crippen molar-refractivity contribution in [2.75, 3.05) is 24.3 Å². The van der Waals surface area contributed by atoms with Crippen molar-refractivity contribution in [1.82, 2.24) is 9.97 Å². The number of pyridine rings is 1. The van der Waals surface area contributed by atoms with Gasteiger partial charge >= 0.3 is 6.43 Å². The summed E-state index contributed by atoms with van der Waals surface area (Å²) >= 11 is 0. The van der Waals surface area contributed by atoms with Gasteiger partial charge in [0.25, 0.3) is 5.89 Å². The number of alkyl halides is 2. The first-order valence-corrected chi connectivity index (χ1v) is 7.07. The van der Waals surface area contributed by atoms with Crippen molar-refractivity contribution >= 4 is 22.5 Å². The minimum absolute atomic E-state index is 0.337. The molecule has 0 aliphatic rings. The van der Waals surface area contributed by atoms with Gasteiger partial charge in [-0.1, -0.05) is 0 Å². The lowest BCUT2D eigenvalue weighted by atomic mass is 10.2. The molecule has 2 heterocycles. The number of aromatic nitrogens is 2. The Balaban J connectivity index is 1.79. The molecule has 7 heteroatoms. The van der Waals surface area contributed by atoms with E-state index in [0.717, 1.165) is 16.9 Å². The molecule has 0 unspecified atom stereocenters. The Morgan fingerprint density at radius 3 is 2.83 bits per heavy atom. The fourth-order valence-corrected chi connectivity index (χ4v) is 2.34. The maximum Gasteiger partial charge on any atom is 0.313 e. The molecule has 0 aliphatic heterocycles. The van der Waals surface area contributed by atoms with Gasteiger partial charge in [-0.25, -0.2) is 4.98 Å². The zero-order valence-electron chi connectivity index (χ0n) is 12.8. The van der Waals surface area contributed by atoms with E-state index >= 15 is 0 Å². The van der Waals surface area contributed by atoms with E-state index in [-0.39, 0.29) is 0 Å². The number of halogens is 2. The molecule has 0 saturated heterocycles. The van der Waals surface area contributed by atoms with E-state index in [2.05, 4.69) is 15.3 Å². The second kappa shape index (κ2) is 6.20. The Morgan fingerprint density at radius 1 is 1.26 bits per heavy atom. The maximum absolute atomic E-state index is 12.6. The number of hydrogen-bond acceptors (Lipinski definition) is 5. The minimum Gasteiger partial charge on any atom is -0.435 e. The van der Waals surface area contributed by atoms with Crippen molar-refractivity contribution in [2.45, 2.75) is 13.0 Å². The number of anilines is 2. The number of nitrogens with zero attached hydrogens (tertiary/aromatic N) is 3. The molecule has 5 nitrogen and oxygen atoms in total. The Kier molecular flexibility index (Phi) is 4.10. The van der Waals surface area contributed by atoms with Crippen LogP contribution < -0.4 is 10.2 Å². The van der Waals surface area contributed by atoms with Crippen LogP contribution in [0.3, 0.4) is 0 Å². The van der Waals surface area contributed by atoms with Crippen molar-refractivity contribution < 1.29 is 13.2 Å². The molecule has 0 spiro atoms. The molecule has 0 atom stereocenters. The largest absolute Gasteiger partial charge is 0.435 e. The number of hydrogen-bond donors (Lipinski definition) is 1. The summed E-state index contributed by atoms with van der Waals surface area (Å²) in [4.78, 5) is 9.89. The Labute approximate surface area is 132 Å². The highest BCUT2D eigenvalue weighted by atomic mass is 19.3. The SMILES string of the molecule is CN(C)c1ccncc1CNc1ccc2nc(C(F)F)oc2c1. The van der Waals surface area contributed by atoms with Crippen LogP contribution in [0.2, 0.25) is 0 Å². The standard InChI is InChI=1S/C16H16F2N4O/c1-22(2)13-5-6-19-8-10(13)9-20-11-3-4-12-14(7-11)23-16(21-12)15(17)18/h3-8,15,20H,9H2,1-2H3. The second-order valence-electron chi connectivity index (χ2n) is 5.29. The summed E-state index contributed by atoms with van der Waals surface area (Å²) in [6, 6.07) is 7.04. The van der Waals surface area contributed by atoms with Crippen LogP contribution in [0.4, 0.5) is 20.2 Å². The van der Waals surface area contributed by atoms with Crippen LogP contribution in [-0.2, 0) is 6.54 Å². The quantitative estimate of drug-likeness (QED) is 0.774. The minimum atomic E-state index is -2.71. The monoisotopic (exact) mass is 318 g/mol. The molecule has 23 heavy (non-hydrogen) atoms. The highest BCUT2D eigenvalue weighted by molar-refractivity contribution is 5.77. The Morgan fingerprint density at radius 2 is 2.09 bits per heavy atom. The van der Waals surface area contributed by atoms with Crippen LogP contribution in [-0.4, -0.2) is 24.1 Å². The normalized spacial score (nSPS) is 11.2. The van der Waals surface area contributed by atoms with Gasteiger partial charge < -0.3 is 14.6 Å². The predicted molar refractivity (Wildman–Crippen MR) is 84.9 cm³/mol. The fourth-order valence-electron chi connectivity index (χ4n) is 2.34. The number of rotatable bonds is 5. The summed E-state index contributed by atoms with van der Waals surface area (Å²) in [7, 11) is 3.93.